The highest BCUT2D eigenvalue weighted by Crippen LogP contribution is 2.46. The number of nitrogens with one attached hydrogen (secondary N) is 1. The van der Waals surface area contributed by atoms with E-state index < -0.39 is 33.7 Å². The smallest absolute Gasteiger partial charge is 0.264 e. The molecule has 3 N–H and O–H groups in total. The van der Waals surface area contributed by atoms with Crippen LogP contribution in [-0.4, -0.2) is 62.7 Å². The number of aliphatic hydroxyl groups excluding tert-OH is 2. The molecule has 2 heterocycles. The maximum atomic E-state index is 13.2. The minimum Gasteiger partial charge on any atom is -0.490 e. The number of sulfonamides is 1. The lowest BCUT2D eigenvalue weighted by Crippen LogP contribution is -2.49. The number of amides is 1. The van der Waals surface area contributed by atoms with E-state index in [0.717, 1.165) is 42.8 Å². The summed E-state index contributed by atoms with van der Waals surface area (Å²) in [6.07, 6.45) is 7.93. The Hall–Kier alpha value is -2.59. The molecule has 2 bridgehead atoms. The molecule has 2 aliphatic heterocycles. The molecule has 1 saturated carbocycles. The zero-order valence-corrected chi connectivity index (χ0v) is 24.5. The third kappa shape index (κ3) is 5.74. The van der Waals surface area contributed by atoms with Crippen LogP contribution in [0.25, 0.3) is 0 Å². The van der Waals surface area contributed by atoms with Crippen LogP contribution in [0, 0.1) is 17.8 Å². The van der Waals surface area contributed by atoms with Gasteiger partial charge in [0.05, 0.1) is 24.2 Å². The van der Waals surface area contributed by atoms with Crippen molar-refractivity contribution in [1.29, 1.82) is 0 Å². The molecule has 1 unspecified atom stereocenters. The summed E-state index contributed by atoms with van der Waals surface area (Å²) >= 11 is 6.36. The fourth-order valence-corrected chi connectivity index (χ4v) is 8.65. The monoisotopic (exact) mass is 600 g/mol. The minimum absolute atomic E-state index is 0.0722. The van der Waals surface area contributed by atoms with Crippen LogP contribution in [0.1, 0.15) is 53.6 Å². The van der Waals surface area contributed by atoms with Crippen molar-refractivity contribution in [2.45, 2.75) is 50.0 Å². The number of rotatable bonds is 1. The Bertz CT molecular complexity index is 1460. The first-order valence-electron chi connectivity index (χ1n) is 14.5. The lowest BCUT2D eigenvalue weighted by atomic mass is 9.68. The SMILES string of the molecule is O=C1NS(=O)(=O)C[C@@H](CO)C/C=C/[C@@H](O)[C@@H]2CCC2CN2C[C@@]3(CCCc4cc(Cl)ccc43)COc3ccc1cc32. The average molecular weight is 601 g/mol. The molecule has 6 rings (SSSR count). The van der Waals surface area contributed by atoms with Crippen LogP contribution in [0.3, 0.4) is 0 Å². The maximum Gasteiger partial charge on any atom is 0.264 e. The number of carbonyl (C=O) groups is 1. The van der Waals surface area contributed by atoms with E-state index in [-0.39, 0.29) is 35.8 Å². The number of anilines is 1. The predicted octanol–water partition coefficient (Wildman–Crippen LogP) is 3.83. The molecule has 41 heavy (non-hydrogen) atoms. The number of ether oxygens (including phenoxy) is 1. The molecular weight excluding hydrogens is 564 g/mol. The van der Waals surface area contributed by atoms with Crippen LogP contribution in [0.15, 0.2) is 48.6 Å². The van der Waals surface area contributed by atoms with E-state index in [1.807, 2.05) is 6.07 Å². The van der Waals surface area contributed by atoms with Gasteiger partial charge in [0, 0.05) is 41.6 Å². The largest absolute Gasteiger partial charge is 0.490 e. The number of aliphatic hydroxyl groups is 2. The Morgan fingerprint density at radius 2 is 2.02 bits per heavy atom. The number of aryl methyl sites for hydroxylation is 1. The van der Waals surface area contributed by atoms with Crippen molar-refractivity contribution in [2.24, 2.45) is 17.8 Å². The van der Waals surface area contributed by atoms with Crippen LogP contribution in [0.2, 0.25) is 5.02 Å². The summed E-state index contributed by atoms with van der Waals surface area (Å²) in [5.41, 5.74) is 3.18. The molecule has 2 aromatic carbocycles. The number of fused-ring (bicyclic) bond motifs is 4. The van der Waals surface area contributed by atoms with Gasteiger partial charge in [0.15, 0.2) is 0 Å². The number of nitrogens with zero attached hydrogens (tertiary/aromatic N) is 1. The molecule has 2 aromatic rings. The molecular formula is C31H37ClN2O6S. The highest BCUT2D eigenvalue weighted by molar-refractivity contribution is 7.90. The molecule has 4 aliphatic rings. The highest BCUT2D eigenvalue weighted by Gasteiger charge is 2.44. The molecule has 2 aliphatic carbocycles. The van der Waals surface area contributed by atoms with Crippen LogP contribution >= 0.6 is 11.6 Å². The average Bonchev–Trinajstić information content (AvgIpc) is 3.06. The van der Waals surface area contributed by atoms with E-state index in [1.165, 1.54) is 11.1 Å². The zero-order chi connectivity index (χ0) is 28.8. The van der Waals surface area contributed by atoms with Gasteiger partial charge in [-0.3, -0.25) is 4.79 Å². The Balaban J connectivity index is 1.41. The number of hydrogen-bond acceptors (Lipinski definition) is 7. The van der Waals surface area contributed by atoms with Crippen LogP contribution < -0.4 is 14.4 Å². The van der Waals surface area contributed by atoms with E-state index in [4.69, 9.17) is 16.3 Å². The molecule has 5 atom stereocenters. The van der Waals surface area contributed by atoms with Gasteiger partial charge in [0.25, 0.3) is 5.91 Å². The van der Waals surface area contributed by atoms with Gasteiger partial charge in [0.1, 0.15) is 5.75 Å². The van der Waals surface area contributed by atoms with Crippen molar-refractivity contribution in [2.75, 3.05) is 37.0 Å². The number of allylic oxidation sites excluding steroid dienone is 1. The first kappa shape index (κ1) is 28.5. The summed E-state index contributed by atoms with van der Waals surface area (Å²) in [6, 6.07) is 11.2. The summed E-state index contributed by atoms with van der Waals surface area (Å²) in [5.74, 6) is -0.725. The molecule has 8 nitrogen and oxygen atoms in total. The fraction of sp³-hybridized carbons (Fsp3) is 0.516. The Morgan fingerprint density at radius 1 is 1.17 bits per heavy atom. The van der Waals surface area contributed by atoms with E-state index in [0.29, 0.717) is 25.4 Å². The third-order valence-electron chi connectivity index (χ3n) is 9.43. The van der Waals surface area contributed by atoms with Gasteiger partial charge >= 0.3 is 0 Å². The second-order valence-electron chi connectivity index (χ2n) is 12.2. The summed E-state index contributed by atoms with van der Waals surface area (Å²) in [7, 11) is -4.00. The van der Waals surface area contributed by atoms with Crippen molar-refractivity contribution in [3.63, 3.8) is 0 Å². The second kappa shape index (κ2) is 11.2. The highest BCUT2D eigenvalue weighted by atomic mass is 35.5. The van der Waals surface area contributed by atoms with E-state index in [2.05, 4.69) is 21.8 Å². The van der Waals surface area contributed by atoms with Gasteiger partial charge in [-0.15, -0.1) is 0 Å². The van der Waals surface area contributed by atoms with Gasteiger partial charge in [-0.05, 0) is 91.8 Å². The lowest BCUT2D eigenvalue weighted by Gasteiger charge is -2.45. The number of benzene rings is 2. The standard InChI is InChI=1S/C31H37ClN2O6S/c32-24-8-10-26-21(13-24)4-2-12-31(26)18-34-15-23-6-9-25(23)28(36)5-1-3-20(16-35)17-41(38,39)33-30(37)22-7-11-29(40-19-31)27(34)14-22/h1,5,7-8,10-11,13-14,20,23,25,28,35-36H,2-4,6,9,12,15-19H2,(H,33,37)/b5-1+/t20-,23?,25-,28-,31+/m1/s1. The van der Waals surface area contributed by atoms with Crippen LogP contribution in [0.5, 0.6) is 5.75 Å². The van der Waals surface area contributed by atoms with Gasteiger partial charge in [-0.1, -0.05) is 29.8 Å². The van der Waals surface area contributed by atoms with Crippen LogP contribution in [0.4, 0.5) is 5.69 Å². The molecule has 10 heteroatoms. The van der Waals surface area contributed by atoms with Gasteiger partial charge in [0.2, 0.25) is 10.0 Å². The molecule has 1 fully saturated rings. The Morgan fingerprint density at radius 3 is 2.80 bits per heavy atom. The second-order valence-corrected chi connectivity index (χ2v) is 14.4. The van der Waals surface area contributed by atoms with E-state index in [1.54, 1.807) is 30.4 Å². The summed E-state index contributed by atoms with van der Waals surface area (Å²) in [6.45, 7) is 1.49. The summed E-state index contributed by atoms with van der Waals surface area (Å²) < 4.78 is 34.4. The minimum atomic E-state index is -4.00. The molecule has 0 aromatic heterocycles. The van der Waals surface area contributed by atoms with Gasteiger partial charge in [-0.25, -0.2) is 13.1 Å². The first-order chi connectivity index (χ1) is 19.7. The quantitative estimate of drug-likeness (QED) is 0.426. The van der Waals surface area contributed by atoms with E-state index >= 15 is 0 Å². The van der Waals surface area contributed by atoms with Gasteiger partial charge < -0.3 is 19.8 Å². The number of halogens is 1. The van der Waals surface area contributed by atoms with E-state index in [9.17, 15) is 23.4 Å². The van der Waals surface area contributed by atoms with Crippen molar-refractivity contribution >= 4 is 33.2 Å². The molecule has 0 radical (unpaired) electrons. The summed E-state index contributed by atoms with van der Waals surface area (Å²) in [5, 5.41) is 21.5. The number of carbonyl (C=O) groups excluding carboxylic acids is 1. The molecule has 220 valence electrons. The maximum absolute atomic E-state index is 13.2. The third-order valence-corrected chi connectivity index (χ3v) is 11.1. The molecule has 1 amide bonds. The Labute approximate surface area is 246 Å². The number of hydrogen-bond donors (Lipinski definition) is 3. The normalized spacial score (nSPS) is 32.0. The van der Waals surface area contributed by atoms with Crippen molar-refractivity contribution in [3.05, 3.63) is 70.3 Å². The predicted molar refractivity (Wildman–Crippen MR) is 158 cm³/mol. The van der Waals surface area contributed by atoms with Crippen molar-refractivity contribution in [3.8, 4) is 5.75 Å². The first-order valence-corrected chi connectivity index (χ1v) is 16.5. The van der Waals surface area contributed by atoms with Crippen molar-refractivity contribution in [1.82, 2.24) is 4.72 Å². The van der Waals surface area contributed by atoms with Crippen LogP contribution in [-0.2, 0) is 21.9 Å². The topological polar surface area (TPSA) is 116 Å². The zero-order valence-electron chi connectivity index (χ0n) is 23.0. The Kier molecular flexibility index (Phi) is 7.82. The molecule has 0 saturated heterocycles. The van der Waals surface area contributed by atoms with Gasteiger partial charge in [-0.2, -0.15) is 0 Å². The fourth-order valence-electron chi connectivity index (χ4n) is 7.11. The molecule has 1 spiro atoms. The van der Waals surface area contributed by atoms with Crippen molar-refractivity contribution < 1.29 is 28.2 Å². The summed E-state index contributed by atoms with van der Waals surface area (Å²) in [4.78, 5) is 15.5. The lowest BCUT2D eigenvalue weighted by molar-refractivity contribution is 0.0455.